The molecule has 0 spiro atoms. The second kappa shape index (κ2) is 6.08. The van der Waals surface area contributed by atoms with Gasteiger partial charge in [0, 0.05) is 33.2 Å². The number of carbonyl (C=O) groups excluding carboxylic acids is 1. The summed E-state index contributed by atoms with van der Waals surface area (Å²) in [4.78, 5) is 13.5. The van der Waals surface area contributed by atoms with Gasteiger partial charge in [-0.15, -0.1) is 0 Å². The van der Waals surface area contributed by atoms with Gasteiger partial charge in [-0.2, -0.15) is 0 Å². The fourth-order valence-electron chi connectivity index (χ4n) is 1.96. The smallest absolute Gasteiger partial charge is 0.222 e. The molecule has 2 atom stereocenters. The standard InChI is InChI=1S/C11H21NO3/c1-9-5-6-12(8-10(9)15-2)11(14)4-3-7-13/h9-10,13H,3-8H2,1-2H3. The molecule has 1 saturated heterocycles. The van der Waals surface area contributed by atoms with Crippen LogP contribution in [0.5, 0.6) is 0 Å². The van der Waals surface area contributed by atoms with Gasteiger partial charge in [0.25, 0.3) is 0 Å². The van der Waals surface area contributed by atoms with Gasteiger partial charge in [-0.1, -0.05) is 6.92 Å². The third-order valence-electron chi connectivity index (χ3n) is 3.09. The largest absolute Gasteiger partial charge is 0.396 e. The minimum absolute atomic E-state index is 0.0870. The minimum Gasteiger partial charge on any atom is -0.396 e. The Labute approximate surface area is 91.2 Å². The van der Waals surface area contributed by atoms with Crippen molar-refractivity contribution in [3.8, 4) is 0 Å². The number of hydrogen-bond acceptors (Lipinski definition) is 3. The molecule has 4 heteroatoms. The first-order chi connectivity index (χ1) is 7.19. The predicted molar refractivity (Wildman–Crippen MR) is 57.5 cm³/mol. The number of nitrogens with zero attached hydrogens (tertiary/aromatic N) is 1. The minimum atomic E-state index is 0.0870. The lowest BCUT2D eigenvalue weighted by atomic mass is 9.95. The Morgan fingerprint density at radius 1 is 1.60 bits per heavy atom. The molecule has 1 rings (SSSR count). The molecule has 1 aliphatic rings. The van der Waals surface area contributed by atoms with E-state index >= 15 is 0 Å². The Hall–Kier alpha value is -0.610. The zero-order valence-electron chi connectivity index (χ0n) is 9.61. The molecule has 4 nitrogen and oxygen atoms in total. The lowest BCUT2D eigenvalue weighted by Crippen LogP contribution is -2.46. The Morgan fingerprint density at radius 2 is 2.33 bits per heavy atom. The Morgan fingerprint density at radius 3 is 2.93 bits per heavy atom. The molecule has 0 aromatic heterocycles. The van der Waals surface area contributed by atoms with Crippen LogP contribution in [-0.4, -0.2) is 48.8 Å². The van der Waals surface area contributed by atoms with Crippen LogP contribution in [0.3, 0.4) is 0 Å². The molecule has 1 N–H and O–H groups in total. The van der Waals surface area contributed by atoms with Crippen molar-refractivity contribution in [3.63, 3.8) is 0 Å². The number of aliphatic hydroxyl groups excluding tert-OH is 1. The molecule has 1 amide bonds. The molecule has 2 unspecified atom stereocenters. The Balaban J connectivity index is 2.40. The van der Waals surface area contributed by atoms with E-state index in [0.29, 0.717) is 25.3 Å². The number of aliphatic hydroxyl groups is 1. The van der Waals surface area contributed by atoms with E-state index in [-0.39, 0.29) is 18.6 Å². The summed E-state index contributed by atoms with van der Waals surface area (Å²) in [5.74, 6) is 0.662. The monoisotopic (exact) mass is 215 g/mol. The summed E-state index contributed by atoms with van der Waals surface area (Å²) in [5.41, 5.74) is 0. The van der Waals surface area contributed by atoms with Crippen LogP contribution in [-0.2, 0) is 9.53 Å². The highest BCUT2D eigenvalue weighted by molar-refractivity contribution is 5.76. The quantitative estimate of drug-likeness (QED) is 0.749. The molecule has 0 aromatic carbocycles. The first kappa shape index (κ1) is 12.5. The number of carbonyl (C=O) groups is 1. The summed E-state index contributed by atoms with van der Waals surface area (Å²) in [6, 6.07) is 0. The summed E-state index contributed by atoms with van der Waals surface area (Å²) in [5, 5.41) is 8.66. The van der Waals surface area contributed by atoms with E-state index < -0.39 is 0 Å². The average Bonchev–Trinajstić information content (AvgIpc) is 2.26. The number of amides is 1. The van der Waals surface area contributed by atoms with Gasteiger partial charge in [0.05, 0.1) is 6.10 Å². The van der Waals surface area contributed by atoms with E-state index in [2.05, 4.69) is 6.92 Å². The van der Waals surface area contributed by atoms with Crippen molar-refractivity contribution in [2.24, 2.45) is 5.92 Å². The van der Waals surface area contributed by atoms with Crippen molar-refractivity contribution >= 4 is 5.91 Å². The van der Waals surface area contributed by atoms with Crippen molar-refractivity contribution in [2.75, 3.05) is 26.8 Å². The Bertz CT molecular complexity index is 208. The first-order valence-electron chi connectivity index (χ1n) is 5.60. The molecule has 0 bridgehead atoms. The van der Waals surface area contributed by atoms with Gasteiger partial charge >= 0.3 is 0 Å². The zero-order valence-corrected chi connectivity index (χ0v) is 9.61. The molecule has 1 fully saturated rings. The third-order valence-corrected chi connectivity index (χ3v) is 3.09. The maximum atomic E-state index is 11.7. The van der Waals surface area contributed by atoms with Crippen molar-refractivity contribution in [2.45, 2.75) is 32.3 Å². The van der Waals surface area contributed by atoms with E-state index in [1.165, 1.54) is 0 Å². The van der Waals surface area contributed by atoms with Crippen molar-refractivity contribution in [3.05, 3.63) is 0 Å². The third kappa shape index (κ3) is 3.47. The molecular weight excluding hydrogens is 194 g/mol. The van der Waals surface area contributed by atoms with E-state index in [9.17, 15) is 4.79 Å². The van der Waals surface area contributed by atoms with Crippen molar-refractivity contribution in [1.29, 1.82) is 0 Å². The summed E-state index contributed by atoms with van der Waals surface area (Å²) >= 11 is 0. The molecule has 1 heterocycles. The number of ether oxygens (including phenoxy) is 1. The SMILES string of the molecule is COC1CN(C(=O)CCCO)CCC1C. The van der Waals surface area contributed by atoms with E-state index in [4.69, 9.17) is 9.84 Å². The zero-order chi connectivity index (χ0) is 11.3. The van der Waals surface area contributed by atoms with Crippen LogP contribution in [0.2, 0.25) is 0 Å². The molecule has 15 heavy (non-hydrogen) atoms. The highest BCUT2D eigenvalue weighted by Crippen LogP contribution is 2.20. The first-order valence-corrected chi connectivity index (χ1v) is 5.60. The van der Waals surface area contributed by atoms with Gasteiger partial charge < -0.3 is 14.7 Å². The number of piperidine rings is 1. The van der Waals surface area contributed by atoms with Crippen molar-refractivity contribution < 1.29 is 14.6 Å². The number of likely N-dealkylation sites (tertiary alicyclic amines) is 1. The van der Waals surface area contributed by atoms with Crippen molar-refractivity contribution in [1.82, 2.24) is 4.90 Å². The maximum Gasteiger partial charge on any atom is 0.222 e. The van der Waals surface area contributed by atoms with Crippen LogP contribution in [0.1, 0.15) is 26.2 Å². The molecule has 88 valence electrons. The van der Waals surface area contributed by atoms with Crippen LogP contribution in [0.15, 0.2) is 0 Å². The second-order valence-corrected chi connectivity index (χ2v) is 4.21. The molecular formula is C11H21NO3. The summed E-state index contributed by atoms with van der Waals surface area (Å²) < 4.78 is 5.34. The number of methoxy groups -OCH3 is 1. The highest BCUT2D eigenvalue weighted by Gasteiger charge is 2.28. The van der Waals surface area contributed by atoms with Gasteiger partial charge in [-0.25, -0.2) is 0 Å². The lowest BCUT2D eigenvalue weighted by molar-refractivity contribution is -0.136. The average molecular weight is 215 g/mol. The van der Waals surface area contributed by atoms with E-state index in [1.807, 2.05) is 4.90 Å². The maximum absolute atomic E-state index is 11.7. The molecule has 0 saturated carbocycles. The Kier molecular flexibility index (Phi) is 5.05. The topological polar surface area (TPSA) is 49.8 Å². The fourth-order valence-corrected chi connectivity index (χ4v) is 1.96. The van der Waals surface area contributed by atoms with Crippen LogP contribution in [0.25, 0.3) is 0 Å². The second-order valence-electron chi connectivity index (χ2n) is 4.21. The van der Waals surface area contributed by atoms with Gasteiger partial charge in [0.15, 0.2) is 0 Å². The van der Waals surface area contributed by atoms with Crippen LogP contribution in [0, 0.1) is 5.92 Å². The van der Waals surface area contributed by atoms with Gasteiger partial charge in [0.1, 0.15) is 0 Å². The van der Waals surface area contributed by atoms with Crippen LogP contribution >= 0.6 is 0 Å². The molecule has 0 aliphatic carbocycles. The van der Waals surface area contributed by atoms with Gasteiger partial charge in [0.2, 0.25) is 5.91 Å². The summed E-state index contributed by atoms with van der Waals surface area (Å²) in [7, 11) is 1.70. The predicted octanol–water partition coefficient (Wildman–Crippen LogP) is 0.642. The fraction of sp³-hybridized carbons (Fsp3) is 0.909. The number of rotatable bonds is 4. The van der Waals surface area contributed by atoms with Gasteiger partial charge in [-0.3, -0.25) is 4.79 Å². The van der Waals surface area contributed by atoms with Crippen LogP contribution < -0.4 is 0 Å². The number of hydrogen-bond donors (Lipinski definition) is 1. The van der Waals surface area contributed by atoms with Gasteiger partial charge in [-0.05, 0) is 18.8 Å². The highest BCUT2D eigenvalue weighted by atomic mass is 16.5. The molecule has 0 aromatic rings. The lowest BCUT2D eigenvalue weighted by Gasteiger charge is -2.36. The summed E-state index contributed by atoms with van der Waals surface area (Å²) in [6.45, 7) is 3.76. The van der Waals surface area contributed by atoms with E-state index in [1.54, 1.807) is 7.11 Å². The molecule has 0 radical (unpaired) electrons. The van der Waals surface area contributed by atoms with E-state index in [0.717, 1.165) is 13.0 Å². The normalized spacial score (nSPS) is 26.7. The van der Waals surface area contributed by atoms with Crippen LogP contribution in [0.4, 0.5) is 0 Å². The summed E-state index contributed by atoms with van der Waals surface area (Å²) in [6.07, 6.45) is 2.17. The molecule has 1 aliphatic heterocycles.